The maximum atomic E-state index is 5.56. The summed E-state index contributed by atoms with van der Waals surface area (Å²) in [5, 5.41) is 6.95. The molecule has 0 amide bonds. The molecule has 2 aromatic carbocycles. The van der Waals surface area contributed by atoms with Crippen LogP contribution in [-0.2, 0) is 11.2 Å². The molecule has 2 aliphatic rings. The Hall–Kier alpha value is -2.77. The average molecular weight is 425 g/mol. The molecule has 0 bridgehead atoms. The van der Waals surface area contributed by atoms with E-state index in [1.54, 1.807) is 0 Å². The number of guanidine groups is 1. The van der Waals surface area contributed by atoms with Crippen LogP contribution >= 0.6 is 0 Å². The average Bonchev–Trinajstić information content (AvgIpc) is 3.27. The van der Waals surface area contributed by atoms with E-state index in [0.29, 0.717) is 6.79 Å². The lowest BCUT2D eigenvalue weighted by Gasteiger charge is -2.35. The summed E-state index contributed by atoms with van der Waals surface area (Å²) >= 11 is 0. The van der Waals surface area contributed by atoms with Gasteiger partial charge in [-0.1, -0.05) is 35.9 Å². The zero-order valence-electron chi connectivity index (χ0n) is 18.4. The van der Waals surface area contributed by atoms with Crippen molar-refractivity contribution in [3.63, 3.8) is 0 Å². The highest BCUT2D eigenvalue weighted by Crippen LogP contribution is 2.32. The Kier molecular flexibility index (Phi) is 7.27. The van der Waals surface area contributed by atoms with Crippen LogP contribution in [0.25, 0.3) is 0 Å². The molecule has 0 saturated carbocycles. The van der Waals surface area contributed by atoms with Crippen LogP contribution < -0.4 is 20.1 Å². The van der Waals surface area contributed by atoms with E-state index in [4.69, 9.17) is 14.2 Å². The van der Waals surface area contributed by atoms with Gasteiger partial charge < -0.3 is 24.8 Å². The summed E-state index contributed by atoms with van der Waals surface area (Å²) in [4.78, 5) is 6.90. The van der Waals surface area contributed by atoms with Gasteiger partial charge in [0.15, 0.2) is 17.5 Å². The molecule has 1 saturated heterocycles. The lowest BCUT2D eigenvalue weighted by molar-refractivity contribution is 0.0170. The van der Waals surface area contributed by atoms with Gasteiger partial charge in [-0.05, 0) is 36.6 Å². The number of morpholine rings is 1. The third-order valence-corrected chi connectivity index (χ3v) is 5.74. The van der Waals surface area contributed by atoms with Crippen LogP contribution in [0.15, 0.2) is 47.5 Å². The second-order valence-electron chi connectivity index (χ2n) is 7.90. The lowest BCUT2D eigenvalue weighted by atomic mass is 10.0. The molecule has 2 N–H and O–H groups in total. The van der Waals surface area contributed by atoms with Crippen LogP contribution in [0.2, 0.25) is 0 Å². The number of hydrogen-bond acceptors (Lipinski definition) is 5. The zero-order chi connectivity index (χ0) is 21.5. The van der Waals surface area contributed by atoms with Gasteiger partial charge in [-0.25, -0.2) is 0 Å². The van der Waals surface area contributed by atoms with E-state index in [9.17, 15) is 0 Å². The SMILES string of the molecule is CN=C(NCCc1ccc2c(c1)OCO2)NCC(c1cccc(C)c1)N1CCOCC1. The first-order valence-corrected chi connectivity index (χ1v) is 10.9. The molecule has 2 heterocycles. The highest BCUT2D eigenvalue weighted by atomic mass is 16.7. The number of aliphatic imine (C=N–C) groups is 1. The lowest BCUT2D eigenvalue weighted by Crippen LogP contribution is -2.46. The molecule has 7 heteroatoms. The standard InChI is InChI=1S/C24H32N4O3/c1-18-4-3-5-20(14-18)21(28-10-12-29-13-11-28)16-27-24(25-2)26-9-8-19-6-7-22-23(15-19)31-17-30-22/h3-7,14-15,21H,8-13,16-17H2,1-2H3,(H2,25,26,27). The Balaban J connectivity index is 1.32. The fraction of sp³-hybridized carbons (Fsp3) is 0.458. The van der Waals surface area contributed by atoms with Crippen LogP contribution in [0, 0.1) is 6.92 Å². The molecular formula is C24H32N4O3. The smallest absolute Gasteiger partial charge is 0.231 e. The normalized spacial score (nSPS) is 17.4. The zero-order valence-corrected chi connectivity index (χ0v) is 18.4. The molecule has 2 aromatic rings. The second-order valence-corrected chi connectivity index (χ2v) is 7.90. The van der Waals surface area contributed by atoms with E-state index in [2.05, 4.69) is 57.8 Å². The van der Waals surface area contributed by atoms with E-state index >= 15 is 0 Å². The van der Waals surface area contributed by atoms with Gasteiger partial charge in [-0.15, -0.1) is 0 Å². The summed E-state index contributed by atoms with van der Waals surface area (Å²) in [6, 6.07) is 15.1. The number of benzene rings is 2. The Labute approximate surface area is 184 Å². The predicted molar refractivity (Wildman–Crippen MR) is 122 cm³/mol. The molecule has 0 spiro atoms. The molecular weight excluding hydrogens is 392 g/mol. The minimum absolute atomic E-state index is 0.274. The van der Waals surface area contributed by atoms with Crippen molar-refractivity contribution in [3.05, 3.63) is 59.2 Å². The van der Waals surface area contributed by atoms with Crippen molar-refractivity contribution in [2.45, 2.75) is 19.4 Å². The van der Waals surface area contributed by atoms with Gasteiger partial charge in [-0.3, -0.25) is 9.89 Å². The topological polar surface area (TPSA) is 67.4 Å². The first kappa shape index (κ1) is 21.5. The van der Waals surface area contributed by atoms with Gasteiger partial charge in [0.25, 0.3) is 0 Å². The van der Waals surface area contributed by atoms with Gasteiger partial charge in [0, 0.05) is 33.2 Å². The predicted octanol–water partition coefficient (Wildman–Crippen LogP) is 2.50. The second kappa shape index (κ2) is 10.5. The van der Waals surface area contributed by atoms with Crippen molar-refractivity contribution >= 4 is 5.96 Å². The third kappa shape index (κ3) is 5.68. The molecule has 0 radical (unpaired) electrons. The highest BCUT2D eigenvalue weighted by Gasteiger charge is 2.23. The number of rotatable bonds is 7. The molecule has 1 atom stereocenters. The number of aryl methyl sites for hydroxylation is 1. The maximum absolute atomic E-state index is 5.56. The van der Waals surface area contributed by atoms with Crippen molar-refractivity contribution in [2.24, 2.45) is 4.99 Å². The maximum Gasteiger partial charge on any atom is 0.231 e. The van der Waals surface area contributed by atoms with Gasteiger partial charge >= 0.3 is 0 Å². The summed E-state index contributed by atoms with van der Waals surface area (Å²) < 4.78 is 16.4. The van der Waals surface area contributed by atoms with Crippen LogP contribution in [0.1, 0.15) is 22.7 Å². The Bertz CT molecular complexity index is 896. The summed E-state index contributed by atoms with van der Waals surface area (Å²) in [5.74, 6) is 2.46. The van der Waals surface area contributed by atoms with E-state index in [0.717, 1.165) is 63.3 Å². The monoisotopic (exact) mass is 424 g/mol. The van der Waals surface area contributed by atoms with Gasteiger partial charge in [0.05, 0.1) is 19.3 Å². The number of nitrogens with zero attached hydrogens (tertiary/aromatic N) is 2. The number of nitrogens with one attached hydrogen (secondary N) is 2. The van der Waals surface area contributed by atoms with Crippen LogP contribution in [0.4, 0.5) is 0 Å². The number of fused-ring (bicyclic) bond motifs is 1. The molecule has 4 rings (SSSR count). The Morgan fingerprint density at radius 3 is 2.71 bits per heavy atom. The molecule has 31 heavy (non-hydrogen) atoms. The summed E-state index contributed by atoms with van der Waals surface area (Å²) in [6.07, 6.45) is 0.877. The largest absolute Gasteiger partial charge is 0.454 e. The van der Waals surface area contributed by atoms with Crippen LogP contribution in [-0.4, -0.2) is 64.1 Å². The fourth-order valence-electron chi connectivity index (χ4n) is 4.06. The van der Waals surface area contributed by atoms with E-state index in [1.165, 1.54) is 16.7 Å². The number of ether oxygens (including phenoxy) is 3. The Morgan fingerprint density at radius 2 is 1.90 bits per heavy atom. The quantitative estimate of drug-likeness (QED) is 0.526. The first-order chi connectivity index (χ1) is 15.2. The van der Waals surface area contributed by atoms with E-state index in [1.807, 2.05) is 19.2 Å². The van der Waals surface area contributed by atoms with Crippen LogP contribution in [0.5, 0.6) is 11.5 Å². The van der Waals surface area contributed by atoms with Gasteiger partial charge in [-0.2, -0.15) is 0 Å². The first-order valence-electron chi connectivity index (χ1n) is 10.9. The fourth-order valence-corrected chi connectivity index (χ4v) is 4.06. The molecule has 0 aromatic heterocycles. The Morgan fingerprint density at radius 1 is 1.06 bits per heavy atom. The summed E-state index contributed by atoms with van der Waals surface area (Å²) in [5.41, 5.74) is 3.81. The minimum Gasteiger partial charge on any atom is -0.454 e. The van der Waals surface area contributed by atoms with Crippen LogP contribution in [0.3, 0.4) is 0 Å². The highest BCUT2D eigenvalue weighted by molar-refractivity contribution is 5.79. The number of hydrogen-bond donors (Lipinski definition) is 2. The third-order valence-electron chi connectivity index (χ3n) is 5.74. The molecule has 0 aliphatic carbocycles. The molecule has 1 unspecified atom stereocenters. The molecule has 166 valence electrons. The van der Waals surface area contributed by atoms with Crippen molar-refractivity contribution in [2.75, 3.05) is 53.2 Å². The van der Waals surface area contributed by atoms with Crippen molar-refractivity contribution in [3.8, 4) is 11.5 Å². The minimum atomic E-state index is 0.274. The van der Waals surface area contributed by atoms with E-state index in [-0.39, 0.29) is 6.04 Å². The van der Waals surface area contributed by atoms with E-state index < -0.39 is 0 Å². The summed E-state index contributed by atoms with van der Waals surface area (Å²) in [7, 11) is 1.81. The summed E-state index contributed by atoms with van der Waals surface area (Å²) in [6.45, 7) is 7.46. The van der Waals surface area contributed by atoms with Crippen molar-refractivity contribution in [1.29, 1.82) is 0 Å². The molecule has 1 fully saturated rings. The van der Waals surface area contributed by atoms with Gasteiger partial charge in [0.1, 0.15) is 0 Å². The van der Waals surface area contributed by atoms with Crippen molar-refractivity contribution < 1.29 is 14.2 Å². The van der Waals surface area contributed by atoms with Crippen molar-refractivity contribution in [1.82, 2.24) is 15.5 Å². The van der Waals surface area contributed by atoms with Gasteiger partial charge in [0.2, 0.25) is 6.79 Å². The molecule has 7 nitrogen and oxygen atoms in total. The molecule has 2 aliphatic heterocycles.